The molecule has 1 N–H and O–H groups in total. The van der Waals surface area contributed by atoms with Crippen LogP contribution in [0, 0.1) is 5.92 Å². The van der Waals surface area contributed by atoms with Crippen molar-refractivity contribution in [2.24, 2.45) is 5.92 Å². The summed E-state index contributed by atoms with van der Waals surface area (Å²) in [5.74, 6) is 0.894. The fraction of sp³-hybridized carbons (Fsp3) is 0.800. The Labute approximate surface area is 116 Å². The van der Waals surface area contributed by atoms with Crippen LogP contribution < -0.4 is 5.32 Å². The highest BCUT2D eigenvalue weighted by molar-refractivity contribution is 5.01. The Morgan fingerprint density at radius 3 is 2.84 bits per heavy atom. The van der Waals surface area contributed by atoms with Gasteiger partial charge in [0.1, 0.15) is 0 Å². The average Bonchev–Trinajstić information content (AvgIpc) is 3.14. The molecule has 4 nitrogen and oxygen atoms in total. The van der Waals surface area contributed by atoms with Gasteiger partial charge in [0.2, 0.25) is 0 Å². The predicted molar refractivity (Wildman–Crippen MR) is 77.0 cm³/mol. The molecule has 2 unspecified atom stereocenters. The maximum Gasteiger partial charge on any atom is 0.0536 e. The molecule has 106 valence electrons. The summed E-state index contributed by atoms with van der Waals surface area (Å²) in [5.41, 5.74) is 0.328. The Morgan fingerprint density at radius 2 is 2.16 bits per heavy atom. The molecule has 2 aliphatic rings. The molecule has 2 fully saturated rings. The van der Waals surface area contributed by atoms with Crippen molar-refractivity contribution >= 4 is 0 Å². The molecule has 1 aromatic rings. The molecule has 1 saturated heterocycles. The Kier molecular flexibility index (Phi) is 3.63. The second kappa shape index (κ2) is 5.25. The second-order valence-electron chi connectivity index (χ2n) is 6.50. The van der Waals surface area contributed by atoms with Crippen molar-refractivity contribution in [3.8, 4) is 0 Å². The molecule has 0 spiro atoms. The van der Waals surface area contributed by atoms with Crippen LogP contribution in [-0.2, 0) is 6.54 Å². The lowest BCUT2D eigenvalue weighted by atomic mass is 9.95. The number of hydrogen-bond donors (Lipinski definition) is 1. The molecule has 1 aliphatic heterocycles. The van der Waals surface area contributed by atoms with E-state index in [4.69, 9.17) is 0 Å². The predicted octanol–water partition coefficient (Wildman–Crippen LogP) is 1.74. The van der Waals surface area contributed by atoms with Crippen molar-refractivity contribution in [1.29, 1.82) is 0 Å². The summed E-state index contributed by atoms with van der Waals surface area (Å²) in [6, 6.07) is 2.67. The van der Waals surface area contributed by atoms with E-state index >= 15 is 0 Å². The zero-order valence-corrected chi connectivity index (χ0v) is 12.2. The summed E-state index contributed by atoms with van der Waals surface area (Å²) < 4.78 is 2.04. The SMILES string of the molecule is CC1CCNC(C)(C2CC2)CN1CCn1cccn1. The summed E-state index contributed by atoms with van der Waals surface area (Å²) in [5, 5.41) is 8.12. The third-order valence-electron chi connectivity index (χ3n) is 4.90. The molecule has 3 rings (SSSR count). The molecule has 0 amide bonds. The van der Waals surface area contributed by atoms with Crippen molar-refractivity contribution in [1.82, 2.24) is 20.0 Å². The molecule has 0 bridgehead atoms. The first-order chi connectivity index (χ1) is 9.17. The number of rotatable bonds is 4. The lowest BCUT2D eigenvalue weighted by Gasteiger charge is -2.35. The largest absolute Gasteiger partial charge is 0.310 e. The van der Waals surface area contributed by atoms with Gasteiger partial charge in [0, 0.05) is 37.1 Å². The first-order valence-corrected chi connectivity index (χ1v) is 7.64. The van der Waals surface area contributed by atoms with Crippen molar-refractivity contribution in [3.05, 3.63) is 18.5 Å². The first kappa shape index (κ1) is 13.1. The van der Waals surface area contributed by atoms with Gasteiger partial charge in [0.25, 0.3) is 0 Å². The van der Waals surface area contributed by atoms with Gasteiger partial charge < -0.3 is 5.32 Å². The number of hydrogen-bond acceptors (Lipinski definition) is 3. The minimum absolute atomic E-state index is 0.328. The highest BCUT2D eigenvalue weighted by Crippen LogP contribution is 2.40. The summed E-state index contributed by atoms with van der Waals surface area (Å²) in [6.45, 7) is 9.23. The highest BCUT2D eigenvalue weighted by atomic mass is 15.3. The van der Waals surface area contributed by atoms with Gasteiger partial charge in [0.15, 0.2) is 0 Å². The molecule has 4 heteroatoms. The lowest BCUT2D eigenvalue weighted by Crippen LogP contribution is -2.52. The number of nitrogens with zero attached hydrogens (tertiary/aromatic N) is 3. The summed E-state index contributed by atoms with van der Waals surface area (Å²) in [7, 11) is 0. The molecule has 1 aliphatic carbocycles. The Morgan fingerprint density at radius 1 is 1.32 bits per heavy atom. The van der Waals surface area contributed by atoms with E-state index in [0.717, 1.165) is 25.6 Å². The lowest BCUT2D eigenvalue weighted by molar-refractivity contribution is 0.155. The van der Waals surface area contributed by atoms with E-state index in [2.05, 4.69) is 35.4 Å². The van der Waals surface area contributed by atoms with Crippen LogP contribution in [0.4, 0.5) is 0 Å². The van der Waals surface area contributed by atoms with Gasteiger partial charge in [-0.25, -0.2) is 0 Å². The van der Waals surface area contributed by atoms with Crippen LogP contribution in [0.3, 0.4) is 0 Å². The molecule has 19 heavy (non-hydrogen) atoms. The Hall–Kier alpha value is -0.870. The van der Waals surface area contributed by atoms with Crippen molar-refractivity contribution in [2.75, 3.05) is 19.6 Å². The smallest absolute Gasteiger partial charge is 0.0536 e. The molecule has 1 aromatic heterocycles. The minimum atomic E-state index is 0.328. The number of aromatic nitrogens is 2. The van der Waals surface area contributed by atoms with E-state index in [9.17, 15) is 0 Å². The van der Waals surface area contributed by atoms with Crippen LogP contribution in [0.1, 0.15) is 33.1 Å². The van der Waals surface area contributed by atoms with Crippen LogP contribution in [0.2, 0.25) is 0 Å². The molecule has 0 aromatic carbocycles. The van der Waals surface area contributed by atoms with Gasteiger partial charge in [-0.05, 0) is 51.6 Å². The van der Waals surface area contributed by atoms with Gasteiger partial charge in [-0.15, -0.1) is 0 Å². The maximum absolute atomic E-state index is 4.31. The Balaban J connectivity index is 1.63. The third-order valence-corrected chi connectivity index (χ3v) is 4.90. The van der Waals surface area contributed by atoms with Crippen molar-refractivity contribution in [2.45, 2.75) is 51.2 Å². The zero-order chi connectivity index (χ0) is 13.3. The molecular weight excluding hydrogens is 236 g/mol. The quantitative estimate of drug-likeness (QED) is 0.897. The molecule has 2 atom stereocenters. The molecule has 2 heterocycles. The van der Waals surface area contributed by atoms with Crippen molar-refractivity contribution < 1.29 is 0 Å². The van der Waals surface area contributed by atoms with Gasteiger partial charge in [-0.3, -0.25) is 9.58 Å². The molecular formula is C15H26N4. The third kappa shape index (κ3) is 3.00. The van der Waals surface area contributed by atoms with Crippen LogP contribution in [0.15, 0.2) is 18.5 Å². The topological polar surface area (TPSA) is 33.1 Å². The van der Waals surface area contributed by atoms with E-state index in [1.54, 1.807) is 0 Å². The van der Waals surface area contributed by atoms with Gasteiger partial charge in [-0.2, -0.15) is 5.10 Å². The molecule has 1 saturated carbocycles. The van der Waals surface area contributed by atoms with Crippen LogP contribution in [0.5, 0.6) is 0 Å². The van der Waals surface area contributed by atoms with Gasteiger partial charge >= 0.3 is 0 Å². The normalized spacial score (nSPS) is 33.3. The highest BCUT2D eigenvalue weighted by Gasteiger charge is 2.43. The second-order valence-corrected chi connectivity index (χ2v) is 6.50. The van der Waals surface area contributed by atoms with Gasteiger partial charge in [0.05, 0.1) is 6.54 Å². The van der Waals surface area contributed by atoms with E-state index in [1.807, 2.05) is 16.9 Å². The number of nitrogens with one attached hydrogen (secondary N) is 1. The maximum atomic E-state index is 4.31. The van der Waals surface area contributed by atoms with E-state index in [1.165, 1.54) is 25.8 Å². The monoisotopic (exact) mass is 262 g/mol. The van der Waals surface area contributed by atoms with E-state index in [0.29, 0.717) is 11.6 Å². The molecule has 0 radical (unpaired) electrons. The zero-order valence-electron chi connectivity index (χ0n) is 12.2. The fourth-order valence-corrected chi connectivity index (χ4v) is 3.34. The van der Waals surface area contributed by atoms with Crippen LogP contribution in [0.25, 0.3) is 0 Å². The average molecular weight is 262 g/mol. The first-order valence-electron chi connectivity index (χ1n) is 7.64. The standard InChI is InChI=1S/C15H26N4/c1-13-6-8-16-15(2,14-4-5-14)12-18(13)10-11-19-9-3-7-17-19/h3,7,9,13-14,16H,4-6,8,10-12H2,1-2H3. The van der Waals surface area contributed by atoms with Crippen molar-refractivity contribution in [3.63, 3.8) is 0 Å². The van der Waals surface area contributed by atoms with E-state index < -0.39 is 0 Å². The summed E-state index contributed by atoms with van der Waals surface area (Å²) in [4.78, 5) is 2.65. The fourth-order valence-electron chi connectivity index (χ4n) is 3.34. The van der Waals surface area contributed by atoms with Crippen LogP contribution in [-0.4, -0.2) is 45.9 Å². The Bertz CT molecular complexity index is 398. The summed E-state index contributed by atoms with van der Waals surface area (Å²) in [6.07, 6.45) is 7.99. The summed E-state index contributed by atoms with van der Waals surface area (Å²) >= 11 is 0. The van der Waals surface area contributed by atoms with E-state index in [-0.39, 0.29) is 0 Å². The minimum Gasteiger partial charge on any atom is -0.310 e. The van der Waals surface area contributed by atoms with Crippen LogP contribution >= 0.6 is 0 Å². The van der Waals surface area contributed by atoms with Gasteiger partial charge in [-0.1, -0.05) is 0 Å².